The summed E-state index contributed by atoms with van der Waals surface area (Å²) in [5, 5.41) is 1.31. The molecule has 0 saturated heterocycles. The van der Waals surface area contributed by atoms with Crippen LogP contribution in [0, 0.1) is 29.3 Å². The van der Waals surface area contributed by atoms with E-state index in [1.807, 2.05) is 24.3 Å². The van der Waals surface area contributed by atoms with Crippen LogP contribution in [0.25, 0.3) is 0 Å². The normalized spacial score (nSPS) is 11.0. The Morgan fingerprint density at radius 2 is 1.24 bits per heavy atom. The molecule has 21 heavy (non-hydrogen) atoms. The zero-order valence-electron chi connectivity index (χ0n) is 12.1. The largest absolute Gasteiger partial charge is 0.204 e. The number of hydrogen-bond acceptors (Lipinski definition) is 0. The SMILES string of the molecule is C[Si](C)(C)c1ccc(C#Cc2cc(F)c(F)c(F)c2)cc1. The maximum atomic E-state index is 13.1. The van der Waals surface area contributed by atoms with Crippen LogP contribution < -0.4 is 5.19 Å². The molecule has 2 aromatic rings. The van der Waals surface area contributed by atoms with Gasteiger partial charge in [0.05, 0.1) is 8.07 Å². The van der Waals surface area contributed by atoms with Gasteiger partial charge in [-0.15, -0.1) is 0 Å². The van der Waals surface area contributed by atoms with Crippen LogP contribution in [0.1, 0.15) is 11.1 Å². The third-order valence-corrected chi connectivity index (χ3v) is 5.15. The highest BCUT2D eigenvalue weighted by molar-refractivity contribution is 6.88. The number of rotatable bonds is 1. The number of halogens is 3. The first-order valence-electron chi connectivity index (χ1n) is 6.54. The Hall–Kier alpha value is -1.99. The van der Waals surface area contributed by atoms with Crippen molar-refractivity contribution >= 4 is 13.3 Å². The molecule has 0 aliphatic rings. The highest BCUT2D eigenvalue weighted by Gasteiger charge is 2.15. The lowest BCUT2D eigenvalue weighted by molar-refractivity contribution is 0.446. The van der Waals surface area contributed by atoms with Gasteiger partial charge in [-0.1, -0.05) is 48.8 Å². The van der Waals surface area contributed by atoms with Gasteiger partial charge in [0.25, 0.3) is 0 Å². The average Bonchev–Trinajstić information content (AvgIpc) is 2.42. The topological polar surface area (TPSA) is 0 Å². The van der Waals surface area contributed by atoms with E-state index in [1.165, 1.54) is 5.19 Å². The Morgan fingerprint density at radius 1 is 0.762 bits per heavy atom. The zero-order chi connectivity index (χ0) is 15.6. The van der Waals surface area contributed by atoms with Crippen molar-refractivity contribution in [3.8, 4) is 11.8 Å². The molecule has 0 radical (unpaired) electrons. The third kappa shape index (κ3) is 3.76. The monoisotopic (exact) mass is 304 g/mol. The van der Waals surface area contributed by atoms with Gasteiger partial charge >= 0.3 is 0 Å². The second-order valence-corrected chi connectivity index (χ2v) is 10.9. The smallest absolute Gasteiger partial charge is 0.194 e. The van der Waals surface area contributed by atoms with Crippen LogP contribution in [0.2, 0.25) is 19.6 Å². The van der Waals surface area contributed by atoms with Crippen LogP contribution in [-0.2, 0) is 0 Å². The molecule has 2 rings (SSSR count). The number of benzene rings is 2. The minimum Gasteiger partial charge on any atom is -0.204 e. The molecule has 0 unspecified atom stereocenters. The molecular weight excluding hydrogens is 289 g/mol. The van der Waals surface area contributed by atoms with Gasteiger partial charge in [-0.05, 0) is 24.3 Å². The standard InChI is InChI=1S/C17H15F3Si/c1-21(2,3)14-8-6-12(7-9-14)4-5-13-10-15(18)17(20)16(19)11-13/h6-11H,1-3H3. The molecule has 0 amide bonds. The molecule has 0 aromatic heterocycles. The summed E-state index contributed by atoms with van der Waals surface area (Å²) in [6.07, 6.45) is 0. The van der Waals surface area contributed by atoms with Gasteiger partial charge in [0.15, 0.2) is 17.5 Å². The van der Waals surface area contributed by atoms with Gasteiger partial charge in [-0.25, -0.2) is 13.2 Å². The highest BCUT2D eigenvalue weighted by Crippen LogP contribution is 2.13. The fraction of sp³-hybridized carbons (Fsp3) is 0.176. The minimum absolute atomic E-state index is 0.112. The first-order valence-corrected chi connectivity index (χ1v) is 10.0. The highest BCUT2D eigenvalue weighted by atomic mass is 28.3. The van der Waals surface area contributed by atoms with Gasteiger partial charge in [0, 0.05) is 11.1 Å². The van der Waals surface area contributed by atoms with E-state index in [-0.39, 0.29) is 5.56 Å². The molecule has 0 fully saturated rings. The van der Waals surface area contributed by atoms with Crippen molar-refractivity contribution in [2.24, 2.45) is 0 Å². The summed E-state index contributed by atoms with van der Waals surface area (Å²) in [4.78, 5) is 0. The summed E-state index contributed by atoms with van der Waals surface area (Å²) in [6.45, 7) is 6.74. The van der Waals surface area contributed by atoms with Crippen molar-refractivity contribution in [3.63, 3.8) is 0 Å². The Labute approximate surface area is 123 Å². The molecule has 108 valence electrons. The van der Waals surface area contributed by atoms with Gasteiger partial charge in [-0.3, -0.25) is 0 Å². The van der Waals surface area contributed by atoms with E-state index in [4.69, 9.17) is 0 Å². The summed E-state index contributed by atoms with van der Waals surface area (Å²) in [6, 6.07) is 9.61. The lowest BCUT2D eigenvalue weighted by Gasteiger charge is -2.15. The molecule has 2 aromatic carbocycles. The predicted molar refractivity (Wildman–Crippen MR) is 81.7 cm³/mol. The Morgan fingerprint density at radius 3 is 1.71 bits per heavy atom. The van der Waals surface area contributed by atoms with Crippen LogP contribution in [-0.4, -0.2) is 8.07 Å². The van der Waals surface area contributed by atoms with E-state index >= 15 is 0 Å². The fourth-order valence-corrected chi connectivity index (χ4v) is 2.99. The van der Waals surface area contributed by atoms with Crippen LogP contribution in [0.5, 0.6) is 0 Å². The van der Waals surface area contributed by atoms with Gasteiger partial charge in [0.1, 0.15) is 0 Å². The maximum absolute atomic E-state index is 13.1. The van der Waals surface area contributed by atoms with Gasteiger partial charge in [-0.2, -0.15) is 0 Å². The van der Waals surface area contributed by atoms with Gasteiger partial charge in [0.2, 0.25) is 0 Å². The van der Waals surface area contributed by atoms with Crippen molar-refractivity contribution in [1.29, 1.82) is 0 Å². The van der Waals surface area contributed by atoms with Crippen molar-refractivity contribution in [2.75, 3.05) is 0 Å². The van der Waals surface area contributed by atoms with E-state index in [1.54, 1.807) is 0 Å². The molecule has 0 atom stereocenters. The summed E-state index contributed by atoms with van der Waals surface area (Å²) in [5.41, 5.74) is 0.864. The molecule has 4 heteroatoms. The lowest BCUT2D eigenvalue weighted by Crippen LogP contribution is -2.37. The van der Waals surface area contributed by atoms with E-state index < -0.39 is 25.5 Å². The lowest BCUT2D eigenvalue weighted by atomic mass is 10.1. The third-order valence-electron chi connectivity index (χ3n) is 3.09. The summed E-state index contributed by atoms with van der Waals surface area (Å²) in [5.74, 6) is 1.54. The summed E-state index contributed by atoms with van der Waals surface area (Å²) < 4.78 is 39.0. The fourth-order valence-electron chi connectivity index (χ4n) is 1.83. The van der Waals surface area contributed by atoms with Crippen LogP contribution >= 0.6 is 0 Å². The van der Waals surface area contributed by atoms with E-state index in [2.05, 4.69) is 31.5 Å². The molecule has 0 spiro atoms. The van der Waals surface area contributed by atoms with E-state index in [0.29, 0.717) is 0 Å². The first kappa shape index (κ1) is 15.4. The molecule has 0 N–H and O–H groups in total. The average molecular weight is 304 g/mol. The molecule has 0 heterocycles. The molecule has 0 nitrogen and oxygen atoms in total. The van der Waals surface area contributed by atoms with Crippen molar-refractivity contribution < 1.29 is 13.2 Å². The maximum Gasteiger partial charge on any atom is 0.194 e. The Bertz CT molecular complexity index is 693. The second kappa shape index (κ2) is 5.78. The minimum atomic E-state index is -1.47. The molecular formula is C17H15F3Si. The van der Waals surface area contributed by atoms with Crippen molar-refractivity contribution in [1.82, 2.24) is 0 Å². The van der Waals surface area contributed by atoms with E-state index in [9.17, 15) is 13.2 Å². The predicted octanol–water partition coefficient (Wildman–Crippen LogP) is 4.05. The van der Waals surface area contributed by atoms with Crippen molar-refractivity contribution in [2.45, 2.75) is 19.6 Å². The van der Waals surface area contributed by atoms with E-state index in [0.717, 1.165) is 17.7 Å². The van der Waals surface area contributed by atoms with Gasteiger partial charge < -0.3 is 0 Å². The van der Waals surface area contributed by atoms with Crippen LogP contribution in [0.4, 0.5) is 13.2 Å². The first-order chi connectivity index (χ1) is 9.77. The molecule has 0 saturated carbocycles. The second-order valence-electron chi connectivity index (χ2n) is 5.83. The summed E-state index contributed by atoms with van der Waals surface area (Å²) >= 11 is 0. The van der Waals surface area contributed by atoms with Crippen LogP contribution in [0.3, 0.4) is 0 Å². The van der Waals surface area contributed by atoms with Crippen molar-refractivity contribution in [3.05, 3.63) is 65.0 Å². The molecule has 0 aliphatic heterocycles. The zero-order valence-corrected chi connectivity index (χ0v) is 13.1. The summed E-state index contributed by atoms with van der Waals surface area (Å²) in [7, 11) is -1.35. The quantitative estimate of drug-likeness (QED) is 0.423. The Kier molecular flexibility index (Phi) is 4.24. The number of hydrogen-bond donors (Lipinski definition) is 0. The Balaban J connectivity index is 2.27. The molecule has 0 aliphatic carbocycles. The molecule has 0 bridgehead atoms. The van der Waals surface area contributed by atoms with Crippen LogP contribution in [0.15, 0.2) is 36.4 Å².